The summed E-state index contributed by atoms with van der Waals surface area (Å²) >= 11 is 0. The fourth-order valence-electron chi connectivity index (χ4n) is 2.89. The first-order chi connectivity index (χ1) is 13.2. The van der Waals surface area contributed by atoms with Crippen LogP contribution in [0.25, 0.3) is 11.0 Å². The standard InChI is InChI=1S/C23H18O4/c1-16-12-23(24)27-22-14-19(10-11-21(16)22)25-15-17-6-5-9-20(13-17)26-18-7-3-2-4-8-18/h2-14H,15H2,1H3. The smallest absolute Gasteiger partial charge is 0.336 e. The molecule has 4 rings (SSSR count). The van der Waals surface area contributed by atoms with Crippen molar-refractivity contribution in [3.63, 3.8) is 0 Å². The number of fused-ring (bicyclic) bond motifs is 1. The second kappa shape index (κ2) is 7.38. The van der Waals surface area contributed by atoms with Crippen molar-refractivity contribution in [2.75, 3.05) is 0 Å². The van der Waals surface area contributed by atoms with E-state index in [1.54, 1.807) is 6.07 Å². The highest BCUT2D eigenvalue weighted by Gasteiger charge is 2.05. The van der Waals surface area contributed by atoms with Gasteiger partial charge >= 0.3 is 5.63 Å². The van der Waals surface area contributed by atoms with Gasteiger partial charge in [-0.05, 0) is 54.4 Å². The molecule has 0 aliphatic heterocycles. The molecule has 4 nitrogen and oxygen atoms in total. The van der Waals surface area contributed by atoms with Gasteiger partial charge in [-0.25, -0.2) is 4.79 Å². The molecule has 0 saturated heterocycles. The van der Waals surface area contributed by atoms with Crippen molar-refractivity contribution in [1.82, 2.24) is 0 Å². The lowest BCUT2D eigenvalue weighted by molar-refractivity contribution is 0.305. The summed E-state index contributed by atoms with van der Waals surface area (Å²) in [4.78, 5) is 11.6. The van der Waals surface area contributed by atoms with Gasteiger partial charge in [-0.1, -0.05) is 30.3 Å². The van der Waals surface area contributed by atoms with E-state index in [4.69, 9.17) is 13.9 Å². The lowest BCUT2D eigenvalue weighted by Crippen LogP contribution is -1.99. The minimum absolute atomic E-state index is 0.358. The van der Waals surface area contributed by atoms with Crippen LogP contribution in [0.3, 0.4) is 0 Å². The van der Waals surface area contributed by atoms with Crippen molar-refractivity contribution in [3.8, 4) is 17.2 Å². The Morgan fingerprint density at radius 3 is 2.48 bits per heavy atom. The number of para-hydroxylation sites is 1. The second-order valence-corrected chi connectivity index (χ2v) is 6.26. The SMILES string of the molecule is Cc1cc(=O)oc2cc(OCc3cccc(Oc4ccccc4)c3)ccc12. The molecule has 0 radical (unpaired) electrons. The van der Waals surface area contributed by atoms with Gasteiger partial charge in [-0.3, -0.25) is 0 Å². The Hall–Kier alpha value is -3.53. The Bertz CT molecular complexity index is 1130. The van der Waals surface area contributed by atoms with Gasteiger partial charge in [0.05, 0.1) is 0 Å². The van der Waals surface area contributed by atoms with Crippen LogP contribution < -0.4 is 15.1 Å². The van der Waals surface area contributed by atoms with E-state index in [0.29, 0.717) is 17.9 Å². The Balaban J connectivity index is 1.49. The molecule has 1 aromatic heterocycles. The van der Waals surface area contributed by atoms with Gasteiger partial charge in [-0.2, -0.15) is 0 Å². The number of rotatable bonds is 5. The molecule has 3 aromatic carbocycles. The Morgan fingerprint density at radius 1 is 0.815 bits per heavy atom. The molecule has 0 saturated carbocycles. The quantitative estimate of drug-likeness (QED) is 0.444. The van der Waals surface area contributed by atoms with Gasteiger partial charge < -0.3 is 13.9 Å². The van der Waals surface area contributed by atoms with E-state index in [9.17, 15) is 4.79 Å². The lowest BCUT2D eigenvalue weighted by Gasteiger charge is -2.10. The van der Waals surface area contributed by atoms with Crippen LogP contribution in [0.4, 0.5) is 0 Å². The van der Waals surface area contributed by atoms with Crippen LogP contribution in [-0.4, -0.2) is 0 Å². The summed E-state index contributed by atoms with van der Waals surface area (Å²) in [6.45, 7) is 2.27. The first-order valence-electron chi connectivity index (χ1n) is 8.66. The van der Waals surface area contributed by atoms with Crippen molar-refractivity contribution < 1.29 is 13.9 Å². The summed E-state index contributed by atoms with van der Waals surface area (Å²) in [5.41, 5.74) is 2.04. The summed E-state index contributed by atoms with van der Waals surface area (Å²) in [6.07, 6.45) is 0. The maximum absolute atomic E-state index is 11.6. The van der Waals surface area contributed by atoms with Crippen molar-refractivity contribution >= 4 is 11.0 Å². The molecule has 0 fully saturated rings. The molecule has 0 atom stereocenters. The van der Waals surface area contributed by atoms with E-state index in [0.717, 1.165) is 28.0 Å². The van der Waals surface area contributed by atoms with Gasteiger partial charge in [0.1, 0.15) is 29.4 Å². The highest BCUT2D eigenvalue weighted by molar-refractivity contribution is 5.81. The number of hydrogen-bond donors (Lipinski definition) is 0. The van der Waals surface area contributed by atoms with Gasteiger partial charge in [0.2, 0.25) is 0 Å². The van der Waals surface area contributed by atoms with E-state index in [1.807, 2.05) is 73.7 Å². The number of ether oxygens (including phenoxy) is 2. The van der Waals surface area contributed by atoms with Crippen molar-refractivity contribution in [2.45, 2.75) is 13.5 Å². The third kappa shape index (κ3) is 4.01. The molecule has 0 unspecified atom stereocenters. The van der Waals surface area contributed by atoms with Crippen molar-refractivity contribution in [3.05, 3.63) is 100 Å². The first kappa shape index (κ1) is 16.9. The van der Waals surface area contributed by atoms with E-state index in [-0.39, 0.29) is 5.63 Å². The van der Waals surface area contributed by atoms with E-state index in [1.165, 1.54) is 6.07 Å². The minimum Gasteiger partial charge on any atom is -0.489 e. The van der Waals surface area contributed by atoms with E-state index in [2.05, 4.69) is 0 Å². The van der Waals surface area contributed by atoms with Crippen LogP contribution >= 0.6 is 0 Å². The molecule has 4 heteroatoms. The maximum Gasteiger partial charge on any atom is 0.336 e. The average Bonchev–Trinajstić information content (AvgIpc) is 2.67. The molecule has 27 heavy (non-hydrogen) atoms. The normalized spacial score (nSPS) is 10.7. The first-order valence-corrected chi connectivity index (χ1v) is 8.66. The zero-order valence-corrected chi connectivity index (χ0v) is 14.8. The van der Waals surface area contributed by atoms with Crippen LogP contribution in [0.5, 0.6) is 17.2 Å². The van der Waals surface area contributed by atoms with Gasteiger partial charge in [0.25, 0.3) is 0 Å². The fraction of sp³-hybridized carbons (Fsp3) is 0.0870. The summed E-state index contributed by atoms with van der Waals surface area (Å²) < 4.78 is 17.0. The van der Waals surface area contributed by atoms with Crippen LogP contribution in [0.1, 0.15) is 11.1 Å². The third-order valence-corrected chi connectivity index (χ3v) is 4.21. The molecular formula is C23H18O4. The molecule has 0 aliphatic rings. The molecule has 0 spiro atoms. The van der Waals surface area contributed by atoms with Crippen molar-refractivity contribution in [2.24, 2.45) is 0 Å². The highest BCUT2D eigenvalue weighted by atomic mass is 16.5. The topological polar surface area (TPSA) is 48.7 Å². The van der Waals surface area contributed by atoms with Gasteiger partial charge in [-0.15, -0.1) is 0 Å². The molecule has 0 amide bonds. The predicted molar refractivity (Wildman–Crippen MR) is 105 cm³/mol. The van der Waals surface area contributed by atoms with Crippen LogP contribution in [-0.2, 0) is 6.61 Å². The maximum atomic E-state index is 11.6. The Kier molecular flexibility index (Phi) is 4.62. The monoisotopic (exact) mass is 358 g/mol. The van der Waals surface area contributed by atoms with Gasteiger partial charge in [0, 0.05) is 17.5 Å². The van der Waals surface area contributed by atoms with Gasteiger partial charge in [0.15, 0.2) is 0 Å². The zero-order chi connectivity index (χ0) is 18.6. The number of hydrogen-bond acceptors (Lipinski definition) is 4. The molecule has 134 valence electrons. The Morgan fingerprint density at radius 2 is 1.63 bits per heavy atom. The molecule has 4 aromatic rings. The summed E-state index contributed by atoms with van der Waals surface area (Å²) in [6, 6.07) is 24.4. The van der Waals surface area contributed by atoms with E-state index >= 15 is 0 Å². The third-order valence-electron chi connectivity index (χ3n) is 4.21. The zero-order valence-electron chi connectivity index (χ0n) is 14.8. The molecule has 0 N–H and O–H groups in total. The van der Waals surface area contributed by atoms with Crippen LogP contribution in [0.15, 0.2) is 88.1 Å². The van der Waals surface area contributed by atoms with E-state index < -0.39 is 0 Å². The Labute approximate surface area is 156 Å². The molecule has 0 aliphatic carbocycles. The summed E-state index contributed by atoms with van der Waals surface area (Å²) in [7, 11) is 0. The fourth-order valence-corrected chi connectivity index (χ4v) is 2.89. The predicted octanol–water partition coefficient (Wildman–Crippen LogP) is 5.47. The molecular weight excluding hydrogens is 340 g/mol. The average molecular weight is 358 g/mol. The summed E-state index contributed by atoms with van der Waals surface area (Å²) in [5.74, 6) is 2.18. The lowest BCUT2D eigenvalue weighted by atomic mass is 10.1. The second-order valence-electron chi connectivity index (χ2n) is 6.26. The molecule has 1 heterocycles. The molecule has 0 bridgehead atoms. The number of benzene rings is 3. The minimum atomic E-state index is -0.358. The number of aryl methyl sites for hydroxylation is 1. The van der Waals surface area contributed by atoms with Crippen molar-refractivity contribution in [1.29, 1.82) is 0 Å². The van der Waals surface area contributed by atoms with Crippen LogP contribution in [0.2, 0.25) is 0 Å². The van der Waals surface area contributed by atoms with Crippen LogP contribution in [0, 0.1) is 6.92 Å². The summed E-state index contributed by atoms with van der Waals surface area (Å²) in [5, 5.41) is 0.903. The highest BCUT2D eigenvalue weighted by Crippen LogP contribution is 2.25. The largest absolute Gasteiger partial charge is 0.489 e.